The summed E-state index contributed by atoms with van der Waals surface area (Å²) in [6.07, 6.45) is 8.74. The molecule has 0 bridgehead atoms. The van der Waals surface area contributed by atoms with Crippen LogP contribution in [0.1, 0.15) is 18.4 Å². The molecule has 0 spiro atoms. The highest BCUT2D eigenvalue weighted by molar-refractivity contribution is 5.94. The third-order valence-electron chi connectivity index (χ3n) is 4.50. The van der Waals surface area contributed by atoms with Crippen molar-refractivity contribution in [2.45, 2.75) is 25.8 Å². The molecule has 1 fully saturated rings. The maximum absolute atomic E-state index is 12.5. The zero-order valence-corrected chi connectivity index (χ0v) is 15.6. The Balaban J connectivity index is 1.64. The SMILES string of the molecule is C#CCN1CCC[C@H]1C(=O)Nc1ccc(Oc2ccc(C)cc2OC)nc1. The molecule has 0 aliphatic carbocycles. The Labute approximate surface area is 159 Å². The number of nitrogens with one attached hydrogen (secondary N) is 1. The van der Waals surface area contributed by atoms with Crippen molar-refractivity contribution in [3.05, 3.63) is 42.1 Å². The van der Waals surface area contributed by atoms with Crippen molar-refractivity contribution in [3.63, 3.8) is 0 Å². The van der Waals surface area contributed by atoms with E-state index in [1.807, 2.05) is 30.0 Å². The van der Waals surface area contributed by atoms with E-state index in [2.05, 4.69) is 16.2 Å². The normalized spacial score (nSPS) is 16.6. The molecule has 2 aromatic rings. The summed E-state index contributed by atoms with van der Waals surface area (Å²) in [4.78, 5) is 18.8. The molecular weight excluding hydrogens is 342 g/mol. The lowest BCUT2D eigenvalue weighted by molar-refractivity contribution is -0.120. The average molecular weight is 365 g/mol. The third-order valence-corrected chi connectivity index (χ3v) is 4.50. The van der Waals surface area contributed by atoms with E-state index < -0.39 is 0 Å². The molecule has 27 heavy (non-hydrogen) atoms. The lowest BCUT2D eigenvalue weighted by Crippen LogP contribution is -2.39. The molecule has 1 aromatic carbocycles. The van der Waals surface area contributed by atoms with E-state index in [1.54, 1.807) is 25.4 Å². The number of carbonyl (C=O) groups is 1. The number of hydrogen-bond donors (Lipinski definition) is 1. The van der Waals surface area contributed by atoms with Crippen LogP contribution in [0.5, 0.6) is 17.4 Å². The number of carbonyl (C=O) groups excluding carboxylic acids is 1. The summed E-state index contributed by atoms with van der Waals surface area (Å²) in [5.74, 6) is 4.20. The fraction of sp³-hybridized carbons (Fsp3) is 0.333. The minimum Gasteiger partial charge on any atom is -0.493 e. The van der Waals surface area contributed by atoms with E-state index in [1.165, 1.54) is 0 Å². The van der Waals surface area contributed by atoms with E-state index >= 15 is 0 Å². The fourth-order valence-corrected chi connectivity index (χ4v) is 3.14. The molecule has 0 unspecified atom stereocenters. The number of anilines is 1. The Hall–Kier alpha value is -3.04. The number of aryl methyl sites for hydroxylation is 1. The molecule has 1 N–H and O–H groups in total. The maximum Gasteiger partial charge on any atom is 0.241 e. The van der Waals surface area contributed by atoms with Gasteiger partial charge in [0.2, 0.25) is 11.8 Å². The van der Waals surface area contributed by atoms with E-state index in [0.29, 0.717) is 29.6 Å². The number of aromatic nitrogens is 1. The van der Waals surface area contributed by atoms with Crippen molar-refractivity contribution in [2.75, 3.05) is 25.5 Å². The van der Waals surface area contributed by atoms with Crippen LogP contribution in [0.4, 0.5) is 5.69 Å². The molecule has 6 nitrogen and oxygen atoms in total. The van der Waals surface area contributed by atoms with E-state index in [9.17, 15) is 4.79 Å². The number of amides is 1. The number of terminal acetylenes is 1. The lowest BCUT2D eigenvalue weighted by Gasteiger charge is -2.21. The Morgan fingerprint density at radius 2 is 2.22 bits per heavy atom. The first-order chi connectivity index (χ1) is 13.1. The zero-order valence-electron chi connectivity index (χ0n) is 15.6. The lowest BCUT2D eigenvalue weighted by atomic mass is 10.2. The second kappa shape index (κ2) is 8.56. The molecule has 1 aromatic heterocycles. The minimum atomic E-state index is -0.186. The van der Waals surface area contributed by atoms with Crippen molar-refractivity contribution in [2.24, 2.45) is 0 Å². The first-order valence-electron chi connectivity index (χ1n) is 8.87. The van der Waals surface area contributed by atoms with Gasteiger partial charge in [-0.3, -0.25) is 9.69 Å². The van der Waals surface area contributed by atoms with Crippen molar-refractivity contribution in [1.29, 1.82) is 0 Å². The molecule has 1 aliphatic heterocycles. The number of hydrogen-bond acceptors (Lipinski definition) is 5. The van der Waals surface area contributed by atoms with Gasteiger partial charge in [-0.2, -0.15) is 0 Å². The average Bonchev–Trinajstić information content (AvgIpc) is 3.13. The summed E-state index contributed by atoms with van der Waals surface area (Å²) >= 11 is 0. The summed E-state index contributed by atoms with van der Waals surface area (Å²) < 4.78 is 11.1. The second-order valence-corrected chi connectivity index (χ2v) is 6.46. The number of benzene rings is 1. The summed E-state index contributed by atoms with van der Waals surface area (Å²) in [5, 5.41) is 2.90. The Kier molecular flexibility index (Phi) is 5.94. The van der Waals surface area contributed by atoms with Gasteiger partial charge in [-0.05, 0) is 50.1 Å². The molecule has 0 saturated carbocycles. The van der Waals surface area contributed by atoms with Crippen LogP contribution in [0.3, 0.4) is 0 Å². The molecule has 1 amide bonds. The quantitative estimate of drug-likeness (QED) is 0.797. The van der Waals surface area contributed by atoms with E-state index in [-0.39, 0.29) is 11.9 Å². The van der Waals surface area contributed by atoms with Gasteiger partial charge in [0, 0.05) is 6.07 Å². The van der Waals surface area contributed by atoms with Crippen LogP contribution < -0.4 is 14.8 Å². The van der Waals surface area contributed by atoms with Gasteiger partial charge < -0.3 is 14.8 Å². The summed E-state index contributed by atoms with van der Waals surface area (Å²) in [6.45, 7) is 3.32. The molecule has 3 rings (SSSR count). The first kappa shape index (κ1) is 18.7. The van der Waals surface area contributed by atoms with Crippen LogP contribution >= 0.6 is 0 Å². The van der Waals surface area contributed by atoms with Crippen molar-refractivity contribution >= 4 is 11.6 Å². The standard InChI is InChI=1S/C21H23N3O3/c1-4-11-24-12-5-6-17(24)21(25)23-16-8-10-20(22-14-16)27-18-9-7-15(2)13-19(18)26-3/h1,7-10,13-14,17H,5-6,11-12H2,2-3H3,(H,23,25)/t17-/m0/s1. The van der Waals surface area contributed by atoms with Crippen LogP contribution in [0.15, 0.2) is 36.5 Å². The Morgan fingerprint density at radius 3 is 2.93 bits per heavy atom. The monoisotopic (exact) mass is 365 g/mol. The van der Waals surface area contributed by atoms with Crippen LogP contribution in [0, 0.1) is 19.3 Å². The highest BCUT2D eigenvalue weighted by Gasteiger charge is 2.30. The molecule has 1 atom stereocenters. The van der Waals surface area contributed by atoms with Crippen LogP contribution in [0.2, 0.25) is 0 Å². The number of pyridine rings is 1. The highest BCUT2D eigenvalue weighted by Crippen LogP contribution is 2.31. The maximum atomic E-state index is 12.5. The van der Waals surface area contributed by atoms with Gasteiger partial charge in [-0.1, -0.05) is 12.0 Å². The summed E-state index contributed by atoms with van der Waals surface area (Å²) in [7, 11) is 1.60. The van der Waals surface area contributed by atoms with Crippen molar-refractivity contribution in [3.8, 4) is 29.7 Å². The number of ether oxygens (including phenoxy) is 2. The first-order valence-corrected chi connectivity index (χ1v) is 8.87. The minimum absolute atomic E-state index is 0.0570. The van der Waals surface area contributed by atoms with Crippen molar-refractivity contribution in [1.82, 2.24) is 9.88 Å². The Morgan fingerprint density at radius 1 is 1.37 bits per heavy atom. The predicted octanol–water partition coefficient (Wildman–Crippen LogP) is 3.23. The van der Waals surface area contributed by atoms with Gasteiger partial charge in [-0.15, -0.1) is 6.42 Å². The topological polar surface area (TPSA) is 63.7 Å². The van der Waals surface area contributed by atoms with Crippen LogP contribution in [-0.2, 0) is 4.79 Å². The molecule has 0 radical (unpaired) electrons. The second-order valence-electron chi connectivity index (χ2n) is 6.46. The molecule has 6 heteroatoms. The van der Waals surface area contributed by atoms with Crippen molar-refractivity contribution < 1.29 is 14.3 Å². The third kappa shape index (κ3) is 4.57. The Bertz CT molecular complexity index is 843. The molecular formula is C21H23N3O3. The van der Waals surface area contributed by atoms with Gasteiger partial charge in [0.15, 0.2) is 11.5 Å². The molecule has 2 heterocycles. The van der Waals surface area contributed by atoms with Gasteiger partial charge in [-0.25, -0.2) is 4.98 Å². The van der Waals surface area contributed by atoms with Crippen LogP contribution in [0.25, 0.3) is 0 Å². The van der Waals surface area contributed by atoms with E-state index in [0.717, 1.165) is 24.9 Å². The predicted molar refractivity (Wildman–Crippen MR) is 104 cm³/mol. The summed E-state index contributed by atoms with van der Waals surface area (Å²) in [6, 6.07) is 8.97. The number of nitrogens with zero attached hydrogens (tertiary/aromatic N) is 2. The molecule has 140 valence electrons. The molecule has 1 aliphatic rings. The van der Waals surface area contributed by atoms with Gasteiger partial charge >= 0.3 is 0 Å². The van der Waals surface area contributed by atoms with Gasteiger partial charge in [0.1, 0.15) is 0 Å². The van der Waals surface area contributed by atoms with Gasteiger partial charge in [0.05, 0.1) is 31.6 Å². The largest absolute Gasteiger partial charge is 0.493 e. The molecule has 1 saturated heterocycles. The summed E-state index contributed by atoms with van der Waals surface area (Å²) in [5.41, 5.74) is 1.70. The van der Waals surface area contributed by atoms with Gasteiger partial charge in [0.25, 0.3) is 0 Å². The van der Waals surface area contributed by atoms with E-state index in [4.69, 9.17) is 15.9 Å². The zero-order chi connectivity index (χ0) is 19.2. The highest BCUT2D eigenvalue weighted by atomic mass is 16.5. The number of methoxy groups -OCH3 is 1. The smallest absolute Gasteiger partial charge is 0.241 e. The van der Waals surface area contributed by atoms with Crippen LogP contribution in [-0.4, -0.2) is 42.0 Å². The number of rotatable bonds is 6. The fourth-order valence-electron chi connectivity index (χ4n) is 3.14. The number of likely N-dealkylation sites (tertiary alicyclic amines) is 1.